The lowest BCUT2D eigenvalue weighted by atomic mass is 9.73. The molecule has 0 radical (unpaired) electrons. The summed E-state index contributed by atoms with van der Waals surface area (Å²) >= 11 is 0. The molecular weight excluding hydrogens is 410 g/mol. The molecule has 0 aromatic rings. The van der Waals surface area contributed by atoms with E-state index in [2.05, 4.69) is 46.7 Å². The van der Waals surface area contributed by atoms with Crippen LogP contribution in [0.2, 0.25) is 0 Å². The number of nitrogens with zero attached hydrogens (tertiary/aromatic N) is 1. The molecule has 2 rings (SSSR count). The van der Waals surface area contributed by atoms with Gasteiger partial charge in [-0.3, -0.25) is 0 Å². The van der Waals surface area contributed by atoms with E-state index in [-0.39, 0.29) is 35.4 Å². The second kappa shape index (κ2) is 10.2. The zero-order chi connectivity index (χ0) is 24.4. The Balaban J connectivity index is 2.38. The molecule has 0 spiro atoms. The third-order valence-corrected chi connectivity index (χ3v) is 6.64. The molecule has 0 bridgehead atoms. The SMILES string of the molecule is CC1CC(N(C)C)C(C)C(O[C@H]([C@@H](C)C2=CC(=O)OC(C)(C)O2)C(C)(C)C[C@@H](C)C=O)O1. The predicted octanol–water partition coefficient (Wildman–Crippen LogP) is 4.15. The maximum Gasteiger partial charge on any atom is 0.337 e. The van der Waals surface area contributed by atoms with Crippen LogP contribution < -0.4 is 0 Å². The minimum atomic E-state index is -1.04. The van der Waals surface area contributed by atoms with E-state index in [4.69, 9.17) is 18.9 Å². The number of carbonyl (C=O) groups excluding carboxylic acids is 2. The summed E-state index contributed by atoms with van der Waals surface area (Å²) in [5.41, 5.74) is -0.382. The molecule has 184 valence electrons. The fourth-order valence-electron chi connectivity index (χ4n) is 5.19. The van der Waals surface area contributed by atoms with E-state index in [1.165, 1.54) is 6.08 Å². The number of hydrogen-bond donors (Lipinski definition) is 0. The molecule has 0 saturated carbocycles. The first-order valence-electron chi connectivity index (χ1n) is 11.7. The van der Waals surface area contributed by atoms with Crippen LogP contribution in [-0.4, -0.2) is 61.6 Å². The maximum absolute atomic E-state index is 12.2. The predicted molar refractivity (Wildman–Crippen MR) is 123 cm³/mol. The normalized spacial score (nSPS) is 31.2. The first-order chi connectivity index (χ1) is 14.7. The van der Waals surface area contributed by atoms with Crippen molar-refractivity contribution in [1.82, 2.24) is 4.90 Å². The van der Waals surface area contributed by atoms with Crippen molar-refractivity contribution in [2.75, 3.05) is 14.1 Å². The highest BCUT2D eigenvalue weighted by Gasteiger charge is 2.45. The smallest absolute Gasteiger partial charge is 0.337 e. The Kier molecular flexibility index (Phi) is 8.57. The van der Waals surface area contributed by atoms with E-state index in [1.54, 1.807) is 13.8 Å². The van der Waals surface area contributed by atoms with E-state index in [0.29, 0.717) is 18.2 Å². The largest absolute Gasteiger partial charge is 0.456 e. The van der Waals surface area contributed by atoms with Gasteiger partial charge in [0.25, 0.3) is 0 Å². The molecule has 7 heteroatoms. The van der Waals surface area contributed by atoms with Crippen molar-refractivity contribution in [3.8, 4) is 0 Å². The summed E-state index contributed by atoms with van der Waals surface area (Å²) in [6.07, 6.45) is 3.27. The Hall–Kier alpha value is -1.44. The molecule has 1 fully saturated rings. The van der Waals surface area contributed by atoms with Crippen LogP contribution in [0.15, 0.2) is 11.8 Å². The van der Waals surface area contributed by atoms with Gasteiger partial charge in [-0.05, 0) is 39.3 Å². The number of cyclic esters (lactones) is 1. The number of rotatable bonds is 9. The molecule has 0 N–H and O–H groups in total. The Morgan fingerprint density at radius 2 is 1.88 bits per heavy atom. The molecule has 32 heavy (non-hydrogen) atoms. The van der Waals surface area contributed by atoms with Crippen LogP contribution in [0, 0.1) is 23.2 Å². The summed E-state index contributed by atoms with van der Waals surface area (Å²) in [5, 5.41) is 0. The second-order valence-corrected chi connectivity index (χ2v) is 11.1. The van der Waals surface area contributed by atoms with Crippen molar-refractivity contribution in [2.45, 2.75) is 98.6 Å². The second-order valence-electron chi connectivity index (χ2n) is 11.1. The van der Waals surface area contributed by atoms with Crippen molar-refractivity contribution >= 4 is 12.3 Å². The van der Waals surface area contributed by atoms with Crippen LogP contribution in [0.3, 0.4) is 0 Å². The van der Waals surface area contributed by atoms with Gasteiger partial charge >= 0.3 is 5.97 Å². The van der Waals surface area contributed by atoms with E-state index in [0.717, 1.165) is 12.7 Å². The van der Waals surface area contributed by atoms with Crippen LogP contribution in [0.5, 0.6) is 0 Å². The van der Waals surface area contributed by atoms with E-state index < -0.39 is 18.0 Å². The van der Waals surface area contributed by atoms with Crippen molar-refractivity contribution in [3.05, 3.63) is 11.8 Å². The van der Waals surface area contributed by atoms with E-state index >= 15 is 0 Å². The third-order valence-electron chi connectivity index (χ3n) is 6.64. The third kappa shape index (κ3) is 6.55. The van der Waals surface area contributed by atoms with E-state index in [1.807, 2.05) is 13.8 Å². The molecule has 0 aromatic carbocycles. The average Bonchev–Trinajstić information content (AvgIpc) is 2.65. The molecule has 0 aromatic heterocycles. The summed E-state index contributed by atoms with van der Waals surface area (Å²) in [6, 6.07) is 0.329. The highest BCUT2D eigenvalue weighted by Crippen LogP contribution is 2.42. The summed E-state index contributed by atoms with van der Waals surface area (Å²) in [7, 11) is 4.17. The molecule has 7 atom stereocenters. The minimum absolute atomic E-state index is 0.0654. The van der Waals surface area contributed by atoms with Crippen LogP contribution in [-0.2, 0) is 28.5 Å². The summed E-state index contributed by atoms with van der Waals surface area (Å²) in [4.78, 5) is 25.9. The highest BCUT2D eigenvalue weighted by atomic mass is 16.7. The number of aldehydes is 1. The monoisotopic (exact) mass is 453 g/mol. The average molecular weight is 454 g/mol. The minimum Gasteiger partial charge on any atom is -0.456 e. The standard InChI is InChI=1S/C25H43NO6/c1-15(14-27)13-24(5,6)22(18(4)20-12-21(28)32-25(7,8)31-20)30-23-17(3)19(26(9)10)11-16(2)29-23/h12,14-19,22-23H,11,13H2,1-10H3/t15-,16?,17?,18+,19?,22-,23?/m1/s1. The molecule has 4 unspecified atom stereocenters. The van der Waals surface area contributed by atoms with Crippen LogP contribution in [0.1, 0.15) is 68.2 Å². The van der Waals surface area contributed by atoms with Crippen LogP contribution in [0.25, 0.3) is 0 Å². The summed E-state index contributed by atoms with van der Waals surface area (Å²) in [5.74, 6) is -1.16. The number of ether oxygens (including phenoxy) is 4. The Morgan fingerprint density at radius 1 is 1.25 bits per heavy atom. The Morgan fingerprint density at radius 3 is 2.41 bits per heavy atom. The lowest BCUT2D eigenvalue weighted by Gasteiger charge is -2.47. The van der Waals surface area contributed by atoms with Gasteiger partial charge < -0.3 is 28.6 Å². The highest BCUT2D eigenvalue weighted by molar-refractivity contribution is 5.83. The topological polar surface area (TPSA) is 74.3 Å². The van der Waals surface area contributed by atoms with Gasteiger partial charge in [0.2, 0.25) is 5.79 Å². The van der Waals surface area contributed by atoms with Crippen molar-refractivity contribution in [3.63, 3.8) is 0 Å². The van der Waals surface area contributed by atoms with E-state index in [9.17, 15) is 9.59 Å². The van der Waals surface area contributed by atoms with Gasteiger partial charge in [-0.15, -0.1) is 0 Å². The first-order valence-corrected chi connectivity index (χ1v) is 11.7. The number of hydrogen-bond acceptors (Lipinski definition) is 7. The van der Waals surface area contributed by atoms with Gasteiger partial charge in [-0.25, -0.2) is 4.79 Å². The Labute approximate surface area is 193 Å². The van der Waals surface area contributed by atoms with Crippen LogP contribution in [0.4, 0.5) is 0 Å². The lowest BCUT2D eigenvalue weighted by Crippen LogP contribution is -2.53. The zero-order valence-corrected chi connectivity index (χ0v) is 21.5. The quantitative estimate of drug-likeness (QED) is 0.383. The molecule has 7 nitrogen and oxygen atoms in total. The van der Waals surface area contributed by atoms with Gasteiger partial charge in [-0.1, -0.05) is 34.6 Å². The van der Waals surface area contributed by atoms with Crippen molar-refractivity contribution in [2.24, 2.45) is 23.2 Å². The van der Waals surface area contributed by atoms with Gasteiger partial charge in [0, 0.05) is 37.6 Å². The number of esters is 1. The first kappa shape index (κ1) is 26.8. The fourth-order valence-corrected chi connectivity index (χ4v) is 5.19. The van der Waals surface area contributed by atoms with Crippen LogP contribution >= 0.6 is 0 Å². The molecule has 1 saturated heterocycles. The molecule has 2 heterocycles. The molecule has 2 aliphatic rings. The maximum atomic E-state index is 12.2. The fraction of sp³-hybridized carbons (Fsp3) is 0.840. The summed E-state index contributed by atoms with van der Waals surface area (Å²) in [6.45, 7) is 15.8. The molecule has 0 aliphatic carbocycles. The summed E-state index contributed by atoms with van der Waals surface area (Å²) < 4.78 is 24.3. The zero-order valence-electron chi connectivity index (χ0n) is 21.5. The Bertz CT molecular complexity index is 701. The van der Waals surface area contributed by atoms with Crippen molar-refractivity contribution in [1.29, 1.82) is 0 Å². The van der Waals surface area contributed by atoms with Gasteiger partial charge in [0.1, 0.15) is 12.0 Å². The molecule has 2 aliphatic heterocycles. The molecular formula is C25H43NO6. The van der Waals surface area contributed by atoms with Crippen molar-refractivity contribution < 1.29 is 28.5 Å². The van der Waals surface area contributed by atoms with Gasteiger partial charge in [0.05, 0.1) is 18.3 Å². The lowest BCUT2D eigenvalue weighted by molar-refractivity contribution is -0.272. The van der Waals surface area contributed by atoms with Gasteiger partial charge in [-0.2, -0.15) is 0 Å². The number of carbonyl (C=O) groups is 2. The molecule has 0 amide bonds. The van der Waals surface area contributed by atoms with Gasteiger partial charge in [0.15, 0.2) is 6.29 Å².